The number of nitrogens with one attached hydrogen (secondary N) is 1. The summed E-state index contributed by atoms with van der Waals surface area (Å²) in [6.45, 7) is 9.40. The molecule has 26 heavy (non-hydrogen) atoms. The van der Waals surface area contributed by atoms with E-state index in [2.05, 4.69) is 30.1 Å². The molecule has 3 fully saturated rings. The lowest BCUT2D eigenvalue weighted by atomic mass is 9.55. The highest BCUT2D eigenvalue weighted by Crippen LogP contribution is 2.55. The number of carbonyl (C=O) groups excluding carboxylic acids is 1. The second-order valence-electron chi connectivity index (χ2n) is 9.05. The Labute approximate surface area is 157 Å². The van der Waals surface area contributed by atoms with Crippen LogP contribution in [0.2, 0.25) is 0 Å². The zero-order valence-electron chi connectivity index (χ0n) is 16.2. The molecule has 0 aromatic carbocycles. The van der Waals surface area contributed by atoms with E-state index < -0.39 is 6.10 Å². The molecule has 2 saturated heterocycles. The van der Waals surface area contributed by atoms with E-state index in [4.69, 9.17) is 4.74 Å². The largest absolute Gasteiger partial charge is 0.461 e. The average Bonchev–Trinajstić information content (AvgIpc) is 3.23. The molecule has 0 amide bonds. The van der Waals surface area contributed by atoms with E-state index in [1.807, 2.05) is 0 Å². The van der Waals surface area contributed by atoms with Crippen molar-refractivity contribution in [2.45, 2.75) is 58.2 Å². The molecule has 0 unspecified atom stereocenters. The summed E-state index contributed by atoms with van der Waals surface area (Å²) >= 11 is 0. The second kappa shape index (κ2) is 7.25. The lowest BCUT2D eigenvalue weighted by Crippen LogP contribution is -2.54. The van der Waals surface area contributed by atoms with Crippen LogP contribution in [-0.4, -0.2) is 60.9 Å². The highest BCUT2D eigenvalue weighted by atomic mass is 16.6. The van der Waals surface area contributed by atoms with Crippen LogP contribution in [0.4, 0.5) is 0 Å². The van der Waals surface area contributed by atoms with Crippen molar-refractivity contribution in [1.29, 1.82) is 0 Å². The van der Waals surface area contributed by atoms with Gasteiger partial charge < -0.3 is 20.1 Å². The number of aliphatic hydroxyl groups is 1. The normalized spacial score (nSPS) is 43.0. The lowest BCUT2D eigenvalue weighted by Gasteiger charge is -2.51. The zero-order chi connectivity index (χ0) is 18.3. The fourth-order valence-corrected chi connectivity index (χ4v) is 5.80. The van der Waals surface area contributed by atoms with Crippen molar-refractivity contribution in [1.82, 2.24) is 10.2 Å². The van der Waals surface area contributed by atoms with Gasteiger partial charge in [-0.1, -0.05) is 25.5 Å². The molecule has 4 aliphatic rings. The first-order valence-electron chi connectivity index (χ1n) is 10.5. The average molecular weight is 363 g/mol. The predicted octanol–water partition coefficient (Wildman–Crippen LogP) is 1.96. The molecule has 5 nitrogen and oxygen atoms in total. The number of rotatable bonds is 5. The summed E-state index contributed by atoms with van der Waals surface area (Å²) in [5.41, 5.74) is 1.10. The Morgan fingerprint density at radius 1 is 1.38 bits per heavy atom. The molecule has 0 aromatic heterocycles. The zero-order valence-corrected chi connectivity index (χ0v) is 16.2. The number of nitrogens with zero attached hydrogens (tertiary/aromatic N) is 1. The van der Waals surface area contributed by atoms with Gasteiger partial charge in [0.05, 0.1) is 12.0 Å². The SMILES string of the molecule is C[C@@H]1CCC=C2C[C@H]3OC(=O)[C@@H](CNCCN4CCCC4)[C@H]3[C@H](O)[C@@]21C. The molecule has 0 spiro atoms. The first-order valence-corrected chi connectivity index (χ1v) is 10.5. The van der Waals surface area contributed by atoms with E-state index in [0.29, 0.717) is 12.5 Å². The molecule has 0 aromatic rings. The van der Waals surface area contributed by atoms with Crippen LogP contribution < -0.4 is 5.32 Å². The van der Waals surface area contributed by atoms with Crippen LogP contribution in [-0.2, 0) is 9.53 Å². The second-order valence-corrected chi connectivity index (χ2v) is 9.05. The van der Waals surface area contributed by atoms with Gasteiger partial charge in [-0.3, -0.25) is 4.79 Å². The van der Waals surface area contributed by atoms with Crippen molar-refractivity contribution < 1.29 is 14.6 Å². The van der Waals surface area contributed by atoms with Crippen LogP contribution in [0.5, 0.6) is 0 Å². The molecule has 2 N–H and O–H groups in total. The Balaban J connectivity index is 1.41. The third-order valence-electron chi connectivity index (χ3n) is 7.74. The van der Waals surface area contributed by atoms with Crippen molar-refractivity contribution >= 4 is 5.97 Å². The maximum Gasteiger partial charge on any atom is 0.311 e. The van der Waals surface area contributed by atoms with Crippen LogP contribution in [0.15, 0.2) is 11.6 Å². The number of allylic oxidation sites excluding steroid dienone is 1. The van der Waals surface area contributed by atoms with Gasteiger partial charge in [-0.25, -0.2) is 0 Å². The lowest BCUT2D eigenvalue weighted by molar-refractivity contribution is -0.144. The summed E-state index contributed by atoms with van der Waals surface area (Å²) in [7, 11) is 0. The van der Waals surface area contributed by atoms with Gasteiger partial charge in [0, 0.05) is 37.4 Å². The molecular weight excluding hydrogens is 328 g/mol. The number of hydrogen-bond acceptors (Lipinski definition) is 5. The van der Waals surface area contributed by atoms with Crippen LogP contribution in [0, 0.1) is 23.2 Å². The van der Waals surface area contributed by atoms with Crippen molar-refractivity contribution in [3.63, 3.8) is 0 Å². The van der Waals surface area contributed by atoms with Gasteiger partial charge in [-0.05, 0) is 44.7 Å². The topological polar surface area (TPSA) is 61.8 Å². The number of ether oxygens (including phenoxy) is 1. The smallest absolute Gasteiger partial charge is 0.311 e. The summed E-state index contributed by atoms with van der Waals surface area (Å²) in [5.74, 6) is 0.0201. The quantitative estimate of drug-likeness (QED) is 0.445. The van der Waals surface area contributed by atoms with E-state index in [9.17, 15) is 9.90 Å². The van der Waals surface area contributed by atoms with Crippen LogP contribution in [0.1, 0.15) is 46.0 Å². The van der Waals surface area contributed by atoms with Gasteiger partial charge in [0.15, 0.2) is 0 Å². The standard InChI is InChI=1S/C21H34N2O3/c1-14-6-5-7-15-12-17-18(19(24)21(14,15)2)16(20(25)26-17)13-22-8-11-23-9-3-4-10-23/h7,14,16-19,22,24H,3-6,8-13H2,1-2H3/t14-,16+,17-,18-,19+,21-/m1/s1. The highest BCUT2D eigenvalue weighted by molar-refractivity contribution is 5.76. The number of esters is 1. The van der Waals surface area contributed by atoms with Gasteiger partial charge in [0.25, 0.3) is 0 Å². The van der Waals surface area contributed by atoms with Crippen molar-refractivity contribution in [2.24, 2.45) is 23.2 Å². The van der Waals surface area contributed by atoms with E-state index in [1.54, 1.807) is 0 Å². The molecule has 2 heterocycles. The van der Waals surface area contributed by atoms with Crippen molar-refractivity contribution in [3.8, 4) is 0 Å². The molecular formula is C21H34N2O3. The Hall–Kier alpha value is -0.910. The van der Waals surface area contributed by atoms with E-state index in [-0.39, 0.29) is 29.3 Å². The summed E-state index contributed by atoms with van der Waals surface area (Å²) in [4.78, 5) is 15.0. The minimum absolute atomic E-state index is 0.0792. The highest BCUT2D eigenvalue weighted by Gasteiger charge is 2.59. The Kier molecular flexibility index (Phi) is 5.15. The molecule has 4 rings (SSSR count). The van der Waals surface area contributed by atoms with Gasteiger partial charge in [-0.2, -0.15) is 0 Å². The minimum Gasteiger partial charge on any atom is -0.461 e. The number of aliphatic hydroxyl groups excluding tert-OH is 1. The predicted molar refractivity (Wildman–Crippen MR) is 101 cm³/mol. The number of hydrogen-bond donors (Lipinski definition) is 2. The van der Waals surface area contributed by atoms with E-state index in [1.165, 1.54) is 31.5 Å². The Morgan fingerprint density at radius 2 is 2.15 bits per heavy atom. The van der Waals surface area contributed by atoms with Crippen LogP contribution >= 0.6 is 0 Å². The fraction of sp³-hybridized carbons (Fsp3) is 0.857. The van der Waals surface area contributed by atoms with Gasteiger partial charge >= 0.3 is 5.97 Å². The third-order valence-corrected chi connectivity index (χ3v) is 7.74. The fourth-order valence-electron chi connectivity index (χ4n) is 5.80. The van der Waals surface area contributed by atoms with Gasteiger partial charge in [0.2, 0.25) is 0 Å². The van der Waals surface area contributed by atoms with Crippen molar-refractivity contribution in [3.05, 3.63) is 11.6 Å². The Morgan fingerprint density at radius 3 is 2.92 bits per heavy atom. The molecule has 2 aliphatic carbocycles. The molecule has 0 radical (unpaired) electrons. The summed E-state index contributed by atoms with van der Waals surface area (Å²) in [5, 5.41) is 14.8. The number of likely N-dealkylation sites (tertiary alicyclic amines) is 1. The summed E-state index contributed by atoms with van der Waals surface area (Å²) < 4.78 is 5.72. The summed E-state index contributed by atoms with van der Waals surface area (Å²) in [6.07, 6.45) is 7.24. The molecule has 0 bridgehead atoms. The monoisotopic (exact) mass is 362 g/mol. The number of fused-ring (bicyclic) bond motifs is 2. The Bertz CT molecular complexity index is 572. The first kappa shape index (κ1) is 18.5. The minimum atomic E-state index is -0.500. The van der Waals surface area contributed by atoms with Crippen LogP contribution in [0.25, 0.3) is 0 Å². The number of carbonyl (C=O) groups is 1. The van der Waals surface area contributed by atoms with Crippen LogP contribution in [0.3, 0.4) is 0 Å². The summed E-state index contributed by atoms with van der Waals surface area (Å²) in [6, 6.07) is 0. The van der Waals surface area contributed by atoms with E-state index in [0.717, 1.165) is 32.4 Å². The van der Waals surface area contributed by atoms with Crippen molar-refractivity contribution in [2.75, 3.05) is 32.7 Å². The molecule has 6 atom stereocenters. The third kappa shape index (κ3) is 3.02. The maximum atomic E-state index is 12.5. The van der Waals surface area contributed by atoms with Gasteiger partial charge in [0.1, 0.15) is 6.10 Å². The molecule has 2 aliphatic heterocycles. The molecule has 5 heteroatoms. The first-order chi connectivity index (χ1) is 12.5. The molecule has 146 valence electrons. The van der Waals surface area contributed by atoms with Gasteiger partial charge in [-0.15, -0.1) is 0 Å². The molecule has 1 saturated carbocycles. The maximum absolute atomic E-state index is 12.5. The van der Waals surface area contributed by atoms with E-state index >= 15 is 0 Å².